The van der Waals surface area contributed by atoms with Crippen LogP contribution in [-0.4, -0.2) is 19.6 Å². The second kappa shape index (κ2) is 8.49. The fourth-order valence-corrected chi connectivity index (χ4v) is 4.76. The SMILES string of the molecule is CCc1nn2c(=O)cc(CSc3nc(-c4ccccc4)c(-c4ccccc4)o3)nc2s1. The van der Waals surface area contributed by atoms with E-state index in [1.165, 1.54) is 33.7 Å². The largest absolute Gasteiger partial charge is 0.431 e. The van der Waals surface area contributed by atoms with Gasteiger partial charge in [-0.3, -0.25) is 4.79 Å². The van der Waals surface area contributed by atoms with Gasteiger partial charge in [0.05, 0.1) is 5.69 Å². The Hall–Kier alpha value is -3.23. The second-order valence-electron chi connectivity index (χ2n) is 6.81. The fraction of sp³-hybridized carbons (Fsp3) is 0.130. The zero-order valence-electron chi connectivity index (χ0n) is 16.7. The Morgan fingerprint density at radius 2 is 1.71 bits per heavy atom. The molecule has 0 unspecified atom stereocenters. The number of nitrogens with zero attached hydrogens (tertiary/aromatic N) is 4. The van der Waals surface area contributed by atoms with Crippen molar-refractivity contribution in [1.82, 2.24) is 19.6 Å². The Balaban J connectivity index is 1.47. The van der Waals surface area contributed by atoms with Gasteiger partial charge in [0, 0.05) is 22.9 Å². The lowest BCUT2D eigenvalue weighted by Gasteiger charge is -2.00. The zero-order valence-corrected chi connectivity index (χ0v) is 18.3. The van der Waals surface area contributed by atoms with E-state index in [9.17, 15) is 4.79 Å². The maximum absolute atomic E-state index is 12.4. The minimum atomic E-state index is -0.168. The van der Waals surface area contributed by atoms with Gasteiger partial charge < -0.3 is 4.42 Å². The Kier molecular flexibility index (Phi) is 5.40. The van der Waals surface area contributed by atoms with Crippen molar-refractivity contribution >= 4 is 28.1 Å². The average Bonchev–Trinajstić information content (AvgIpc) is 3.43. The molecule has 0 fully saturated rings. The molecule has 0 N–H and O–H groups in total. The molecular formula is C23H18N4O2S2. The van der Waals surface area contributed by atoms with E-state index in [-0.39, 0.29) is 5.56 Å². The molecule has 0 saturated heterocycles. The van der Waals surface area contributed by atoms with Crippen LogP contribution in [0.1, 0.15) is 17.6 Å². The molecule has 0 spiro atoms. The van der Waals surface area contributed by atoms with Crippen molar-refractivity contribution in [2.45, 2.75) is 24.3 Å². The predicted molar refractivity (Wildman–Crippen MR) is 123 cm³/mol. The Morgan fingerprint density at radius 1 is 1.00 bits per heavy atom. The molecule has 8 heteroatoms. The number of fused-ring (bicyclic) bond motifs is 1. The lowest BCUT2D eigenvalue weighted by molar-refractivity contribution is 0.466. The van der Waals surface area contributed by atoms with E-state index in [1.54, 1.807) is 0 Å². The Labute approximate surface area is 186 Å². The summed E-state index contributed by atoms with van der Waals surface area (Å²) in [5.74, 6) is 1.21. The minimum Gasteiger partial charge on any atom is -0.431 e. The number of hydrogen-bond donors (Lipinski definition) is 0. The van der Waals surface area contributed by atoms with E-state index in [0.29, 0.717) is 21.6 Å². The van der Waals surface area contributed by atoms with Gasteiger partial charge in [-0.1, -0.05) is 90.7 Å². The third-order valence-corrected chi connectivity index (χ3v) is 6.59. The van der Waals surface area contributed by atoms with Gasteiger partial charge in [0.25, 0.3) is 10.8 Å². The Bertz CT molecular complexity index is 1330. The Morgan fingerprint density at radius 3 is 2.42 bits per heavy atom. The van der Waals surface area contributed by atoms with Crippen LogP contribution in [0.25, 0.3) is 27.5 Å². The van der Waals surface area contributed by atoms with E-state index in [2.05, 4.69) is 10.1 Å². The van der Waals surface area contributed by atoms with E-state index < -0.39 is 0 Å². The van der Waals surface area contributed by atoms with Crippen LogP contribution in [0.3, 0.4) is 0 Å². The third-order valence-electron chi connectivity index (χ3n) is 4.68. The molecule has 0 aliphatic heterocycles. The molecule has 0 atom stereocenters. The summed E-state index contributed by atoms with van der Waals surface area (Å²) in [6.45, 7) is 2.01. The monoisotopic (exact) mass is 446 g/mol. The van der Waals surface area contributed by atoms with Crippen LogP contribution in [0.2, 0.25) is 0 Å². The number of rotatable bonds is 6. The molecule has 0 amide bonds. The highest BCUT2D eigenvalue weighted by molar-refractivity contribution is 7.98. The number of thioether (sulfide) groups is 1. The van der Waals surface area contributed by atoms with Crippen LogP contribution in [0, 0.1) is 0 Å². The smallest absolute Gasteiger partial charge is 0.275 e. The summed E-state index contributed by atoms with van der Waals surface area (Å²) in [7, 11) is 0. The summed E-state index contributed by atoms with van der Waals surface area (Å²) in [5, 5.41) is 5.73. The molecule has 154 valence electrons. The van der Waals surface area contributed by atoms with Crippen molar-refractivity contribution in [1.29, 1.82) is 0 Å². The van der Waals surface area contributed by atoms with Gasteiger partial charge in [0.15, 0.2) is 5.76 Å². The van der Waals surface area contributed by atoms with E-state index in [0.717, 1.165) is 34.0 Å². The third kappa shape index (κ3) is 4.04. The first-order chi connectivity index (χ1) is 15.2. The average molecular weight is 447 g/mol. The number of hydrogen-bond acceptors (Lipinski definition) is 7. The van der Waals surface area contributed by atoms with E-state index in [1.807, 2.05) is 67.6 Å². The van der Waals surface area contributed by atoms with Gasteiger partial charge in [0.2, 0.25) is 4.96 Å². The summed E-state index contributed by atoms with van der Waals surface area (Å²) in [5.41, 5.74) is 3.27. The van der Waals surface area contributed by atoms with Crippen LogP contribution < -0.4 is 5.56 Å². The molecular weight excluding hydrogens is 428 g/mol. The maximum Gasteiger partial charge on any atom is 0.275 e. The lowest BCUT2D eigenvalue weighted by atomic mass is 10.1. The molecule has 31 heavy (non-hydrogen) atoms. The normalized spacial score (nSPS) is 11.3. The second-order valence-corrected chi connectivity index (χ2v) is 8.77. The van der Waals surface area contributed by atoms with Crippen molar-refractivity contribution in [2.24, 2.45) is 0 Å². The van der Waals surface area contributed by atoms with Crippen molar-refractivity contribution in [3.63, 3.8) is 0 Å². The topological polar surface area (TPSA) is 73.3 Å². The molecule has 2 aromatic carbocycles. The van der Waals surface area contributed by atoms with Crippen LogP contribution >= 0.6 is 23.1 Å². The standard InChI is InChI=1S/C23H18N4O2S2/c1-2-18-26-27-19(28)13-17(24-22(27)31-18)14-30-23-25-20(15-9-5-3-6-10-15)21(29-23)16-11-7-4-8-12-16/h3-13H,2,14H2,1H3. The summed E-state index contributed by atoms with van der Waals surface area (Å²) in [4.78, 5) is 22.3. The minimum absolute atomic E-state index is 0.168. The van der Waals surface area contributed by atoms with Crippen molar-refractivity contribution < 1.29 is 4.42 Å². The van der Waals surface area contributed by atoms with Gasteiger partial charge in [0.1, 0.15) is 10.7 Å². The highest BCUT2D eigenvalue weighted by Gasteiger charge is 2.18. The number of aromatic nitrogens is 4. The molecule has 0 aliphatic carbocycles. The molecule has 0 bridgehead atoms. The molecule has 0 saturated carbocycles. The van der Waals surface area contributed by atoms with Crippen molar-refractivity contribution in [2.75, 3.05) is 0 Å². The first-order valence-electron chi connectivity index (χ1n) is 9.84. The van der Waals surface area contributed by atoms with Gasteiger partial charge >= 0.3 is 0 Å². The number of oxazole rings is 1. The molecule has 6 nitrogen and oxygen atoms in total. The molecule has 3 aromatic heterocycles. The molecule has 3 heterocycles. The van der Waals surface area contributed by atoms with Crippen molar-refractivity contribution in [3.05, 3.63) is 87.8 Å². The number of benzene rings is 2. The predicted octanol–water partition coefficient (Wildman–Crippen LogP) is 5.33. The van der Waals surface area contributed by atoms with E-state index in [4.69, 9.17) is 9.40 Å². The van der Waals surface area contributed by atoms with Crippen molar-refractivity contribution in [3.8, 4) is 22.6 Å². The molecule has 5 aromatic rings. The lowest BCUT2D eigenvalue weighted by Crippen LogP contribution is -2.15. The van der Waals surface area contributed by atoms with Gasteiger partial charge in [-0.05, 0) is 6.42 Å². The summed E-state index contributed by atoms with van der Waals surface area (Å²) in [6.07, 6.45) is 0.776. The summed E-state index contributed by atoms with van der Waals surface area (Å²) in [6, 6.07) is 21.5. The molecule has 0 radical (unpaired) electrons. The van der Waals surface area contributed by atoms with Gasteiger partial charge in [-0.25, -0.2) is 9.97 Å². The first-order valence-corrected chi connectivity index (χ1v) is 11.6. The van der Waals surface area contributed by atoms with Crippen LogP contribution in [0.5, 0.6) is 0 Å². The highest BCUT2D eigenvalue weighted by Crippen LogP contribution is 2.36. The van der Waals surface area contributed by atoms with Crippen LogP contribution in [-0.2, 0) is 12.2 Å². The first kappa shape index (κ1) is 19.7. The van der Waals surface area contributed by atoms with Gasteiger partial charge in [-0.2, -0.15) is 9.61 Å². The summed E-state index contributed by atoms with van der Waals surface area (Å²) < 4.78 is 7.51. The molecule has 0 aliphatic rings. The zero-order chi connectivity index (χ0) is 21.2. The fourth-order valence-electron chi connectivity index (χ4n) is 3.19. The van der Waals surface area contributed by atoms with Crippen LogP contribution in [0.4, 0.5) is 0 Å². The molecule has 5 rings (SSSR count). The summed E-state index contributed by atoms with van der Waals surface area (Å²) >= 11 is 2.86. The quantitative estimate of drug-likeness (QED) is 0.328. The van der Waals surface area contributed by atoms with Crippen LogP contribution in [0.15, 0.2) is 81.2 Å². The van der Waals surface area contributed by atoms with Gasteiger partial charge in [-0.15, -0.1) is 0 Å². The van der Waals surface area contributed by atoms with E-state index >= 15 is 0 Å². The maximum atomic E-state index is 12.4. The highest BCUT2D eigenvalue weighted by atomic mass is 32.2. The number of aryl methyl sites for hydroxylation is 1.